The van der Waals surface area contributed by atoms with Crippen molar-refractivity contribution in [1.82, 2.24) is 4.98 Å². The summed E-state index contributed by atoms with van der Waals surface area (Å²) in [7, 11) is 0. The number of rotatable bonds is 6. The number of halogens is 2. The number of carbonyl (C=O) groups excluding carboxylic acids is 1. The predicted octanol–water partition coefficient (Wildman–Crippen LogP) is 5.32. The molecule has 7 nitrogen and oxygen atoms in total. The molecule has 0 saturated carbocycles. The van der Waals surface area contributed by atoms with Gasteiger partial charge in [-0.2, -0.15) is 0 Å². The third kappa shape index (κ3) is 4.94. The van der Waals surface area contributed by atoms with Crippen LogP contribution in [0.15, 0.2) is 65.3 Å². The minimum atomic E-state index is -0.654. The second-order valence-electron chi connectivity index (χ2n) is 6.19. The highest BCUT2D eigenvalue weighted by molar-refractivity contribution is 9.10. The van der Waals surface area contributed by atoms with Gasteiger partial charge in [0.15, 0.2) is 0 Å². The first kappa shape index (κ1) is 20.4. The summed E-state index contributed by atoms with van der Waals surface area (Å²) < 4.78 is 14.5. The zero-order valence-corrected chi connectivity index (χ0v) is 16.8. The van der Waals surface area contributed by atoms with Gasteiger partial charge in [0.05, 0.1) is 22.3 Å². The monoisotopic (exact) mass is 458 g/mol. The smallest absolute Gasteiger partial charge is 0.293 e. The number of aromatic nitrogens is 1. The largest absolute Gasteiger partial charge is 0.371 e. The van der Waals surface area contributed by atoms with Gasteiger partial charge in [0.1, 0.15) is 11.5 Å². The minimum absolute atomic E-state index is 0.0215. The number of nitrogens with one attached hydrogen (secondary N) is 2. The molecule has 1 atom stereocenters. The van der Waals surface area contributed by atoms with Crippen LogP contribution in [-0.4, -0.2) is 15.8 Å². The molecular weight excluding hydrogens is 443 g/mol. The van der Waals surface area contributed by atoms with Gasteiger partial charge in [0, 0.05) is 22.3 Å². The van der Waals surface area contributed by atoms with E-state index in [0.29, 0.717) is 10.2 Å². The highest BCUT2D eigenvalue weighted by Crippen LogP contribution is 2.29. The van der Waals surface area contributed by atoms with Gasteiger partial charge in [-0.3, -0.25) is 19.9 Å². The molecular formula is C20H16BrFN4O3. The number of hydrogen-bond donors (Lipinski definition) is 2. The van der Waals surface area contributed by atoms with Crippen molar-refractivity contribution >= 4 is 38.9 Å². The summed E-state index contributed by atoms with van der Waals surface area (Å²) in [6.07, 6.45) is 1.64. The Labute approximate surface area is 174 Å². The van der Waals surface area contributed by atoms with Gasteiger partial charge in [-0.25, -0.2) is 4.39 Å². The Hall–Kier alpha value is -3.33. The lowest BCUT2D eigenvalue weighted by Crippen LogP contribution is -2.14. The number of benzene rings is 2. The Morgan fingerprint density at radius 2 is 1.93 bits per heavy atom. The van der Waals surface area contributed by atoms with Gasteiger partial charge in [-0.05, 0) is 49.4 Å². The SMILES string of the molecule is CC(Nc1ccc(C(=O)Nc2ccc(Br)cc2F)cc1[N+](=O)[O-])c1ccccn1. The van der Waals surface area contributed by atoms with E-state index in [0.717, 1.165) is 6.07 Å². The molecule has 0 aliphatic rings. The number of nitro groups is 1. The summed E-state index contributed by atoms with van der Waals surface area (Å²) in [4.78, 5) is 27.6. The van der Waals surface area contributed by atoms with Crippen molar-refractivity contribution in [3.63, 3.8) is 0 Å². The minimum Gasteiger partial charge on any atom is -0.371 e. The first-order valence-corrected chi connectivity index (χ1v) is 9.37. The van der Waals surface area contributed by atoms with Crippen molar-refractivity contribution < 1.29 is 14.1 Å². The summed E-state index contributed by atoms with van der Waals surface area (Å²) in [5, 5.41) is 17.0. The van der Waals surface area contributed by atoms with Gasteiger partial charge in [0.25, 0.3) is 11.6 Å². The average molecular weight is 459 g/mol. The molecule has 0 saturated heterocycles. The van der Waals surface area contributed by atoms with Crippen molar-refractivity contribution in [3.8, 4) is 0 Å². The molecule has 3 rings (SSSR count). The van der Waals surface area contributed by atoms with E-state index in [-0.39, 0.29) is 28.7 Å². The first-order valence-electron chi connectivity index (χ1n) is 8.57. The molecule has 0 bridgehead atoms. The van der Waals surface area contributed by atoms with Gasteiger partial charge in [-0.1, -0.05) is 22.0 Å². The topological polar surface area (TPSA) is 97.2 Å². The number of anilines is 2. The Balaban J connectivity index is 1.83. The van der Waals surface area contributed by atoms with Gasteiger partial charge in [-0.15, -0.1) is 0 Å². The molecule has 1 aromatic heterocycles. The van der Waals surface area contributed by atoms with E-state index in [4.69, 9.17) is 0 Å². The highest BCUT2D eigenvalue weighted by atomic mass is 79.9. The van der Waals surface area contributed by atoms with Crippen molar-refractivity contribution in [3.05, 3.63) is 92.5 Å². The van der Waals surface area contributed by atoms with Crippen LogP contribution in [0.3, 0.4) is 0 Å². The lowest BCUT2D eigenvalue weighted by atomic mass is 10.1. The Morgan fingerprint density at radius 1 is 1.17 bits per heavy atom. The summed E-state index contributed by atoms with van der Waals surface area (Å²) in [6, 6.07) is 13.3. The number of amides is 1. The maximum Gasteiger partial charge on any atom is 0.293 e. The Bertz CT molecular complexity index is 1060. The number of nitro benzene ring substituents is 1. The quantitative estimate of drug-likeness (QED) is 0.384. The average Bonchev–Trinajstić information content (AvgIpc) is 2.70. The number of pyridine rings is 1. The van der Waals surface area contributed by atoms with Gasteiger partial charge >= 0.3 is 0 Å². The molecule has 2 aromatic carbocycles. The molecule has 0 fully saturated rings. The van der Waals surface area contributed by atoms with Crippen molar-refractivity contribution in [2.24, 2.45) is 0 Å². The molecule has 1 heterocycles. The fourth-order valence-electron chi connectivity index (χ4n) is 2.67. The van der Waals surface area contributed by atoms with Crippen LogP contribution in [-0.2, 0) is 0 Å². The van der Waals surface area contributed by atoms with Gasteiger partial charge in [0.2, 0.25) is 0 Å². The highest BCUT2D eigenvalue weighted by Gasteiger charge is 2.20. The zero-order chi connectivity index (χ0) is 21.0. The van der Waals surface area contributed by atoms with Crippen molar-refractivity contribution in [2.75, 3.05) is 10.6 Å². The molecule has 1 amide bonds. The van der Waals surface area contributed by atoms with Crippen LogP contribution >= 0.6 is 15.9 Å². The molecule has 2 N–H and O–H groups in total. The van der Waals surface area contributed by atoms with E-state index in [9.17, 15) is 19.3 Å². The Morgan fingerprint density at radius 3 is 2.59 bits per heavy atom. The van der Waals surface area contributed by atoms with Crippen molar-refractivity contribution in [2.45, 2.75) is 13.0 Å². The summed E-state index contributed by atoms with van der Waals surface area (Å²) in [5.74, 6) is -1.27. The summed E-state index contributed by atoms with van der Waals surface area (Å²) in [6.45, 7) is 1.82. The fourth-order valence-corrected chi connectivity index (χ4v) is 3.00. The molecule has 0 aliphatic heterocycles. The predicted molar refractivity (Wildman–Crippen MR) is 111 cm³/mol. The van der Waals surface area contributed by atoms with E-state index in [1.165, 1.54) is 24.3 Å². The van der Waals surface area contributed by atoms with Crippen LogP contribution in [0.5, 0.6) is 0 Å². The third-order valence-corrected chi connectivity index (χ3v) is 4.63. The normalized spacial score (nSPS) is 11.6. The lowest BCUT2D eigenvalue weighted by Gasteiger charge is -2.15. The fraction of sp³-hybridized carbons (Fsp3) is 0.100. The van der Waals surface area contributed by atoms with Crippen LogP contribution in [0.1, 0.15) is 29.0 Å². The lowest BCUT2D eigenvalue weighted by molar-refractivity contribution is -0.384. The van der Waals surface area contributed by atoms with Gasteiger partial charge < -0.3 is 10.6 Å². The molecule has 0 spiro atoms. The van der Waals surface area contributed by atoms with E-state index in [1.54, 1.807) is 24.4 Å². The van der Waals surface area contributed by atoms with Crippen molar-refractivity contribution in [1.29, 1.82) is 0 Å². The maximum absolute atomic E-state index is 13.9. The Kier molecular flexibility index (Phi) is 6.18. The molecule has 29 heavy (non-hydrogen) atoms. The van der Waals surface area contributed by atoms with E-state index in [2.05, 4.69) is 31.5 Å². The van der Waals surface area contributed by atoms with E-state index < -0.39 is 16.6 Å². The van der Waals surface area contributed by atoms with E-state index >= 15 is 0 Å². The number of carbonyl (C=O) groups is 1. The summed E-state index contributed by atoms with van der Waals surface area (Å²) >= 11 is 3.14. The molecule has 9 heteroatoms. The summed E-state index contributed by atoms with van der Waals surface area (Å²) in [5.41, 5.74) is 0.715. The zero-order valence-electron chi connectivity index (χ0n) is 15.2. The second-order valence-corrected chi connectivity index (χ2v) is 7.10. The molecule has 148 valence electrons. The first-order chi connectivity index (χ1) is 13.8. The number of nitrogens with zero attached hydrogens (tertiary/aromatic N) is 2. The van der Waals surface area contributed by atoms with Crippen LogP contribution < -0.4 is 10.6 Å². The second kappa shape index (κ2) is 8.78. The number of hydrogen-bond acceptors (Lipinski definition) is 5. The molecule has 0 aliphatic carbocycles. The van der Waals surface area contributed by atoms with Crippen LogP contribution in [0, 0.1) is 15.9 Å². The molecule has 3 aromatic rings. The maximum atomic E-state index is 13.9. The van der Waals surface area contributed by atoms with Crippen LogP contribution in [0.4, 0.5) is 21.5 Å². The van der Waals surface area contributed by atoms with Crippen LogP contribution in [0.25, 0.3) is 0 Å². The van der Waals surface area contributed by atoms with Crippen LogP contribution in [0.2, 0.25) is 0 Å². The molecule has 0 radical (unpaired) electrons. The molecule has 1 unspecified atom stereocenters. The standard InChI is InChI=1S/C20H16BrFN4O3/c1-12(16-4-2-3-9-23-16)24-18-7-5-13(10-19(18)26(28)29)20(27)25-17-8-6-14(21)11-15(17)22/h2-12,24H,1H3,(H,25,27). The third-order valence-electron chi connectivity index (χ3n) is 4.14. The van der Waals surface area contributed by atoms with E-state index in [1.807, 2.05) is 13.0 Å².